The molecule has 0 fully saturated rings. The Morgan fingerprint density at radius 2 is 1.92 bits per heavy atom. The van der Waals surface area contributed by atoms with E-state index in [2.05, 4.69) is 10.3 Å². The molecule has 0 atom stereocenters. The largest absolute Gasteiger partial charge is 0.480 e. The van der Waals surface area contributed by atoms with Gasteiger partial charge in [-0.3, -0.25) is 4.79 Å². The number of hydrogen-bond donors (Lipinski definition) is 1. The number of pyridine rings is 1. The third-order valence-corrected chi connectivity index (χ3v) is 3.26. The molecule has 0 aliphatic heterocycles. The first-order chi connectivity index (χ1) is 12.1. The lowest BCUT2D eigenvalue weighted by molar-refractivity contribution is -0.119. The predicted molar refractivity (Wildman–Crippen MR) is 86.1 cm³/mol. The summed E-state index contributed by atoms with van der Waals surface area (Å²) in [6.07, 6.45) is 0. The number of benzene rings is 1. The van der Waals surface area contributed by atoms with Gasteiger partial charge in [0.1, 0.15) is 35.7 Å². The van der Waals surface area contributed by atoms with Crippen molar-refractivity contribution >= 4 is 11.7 Å². The zero-order valence-corrected chi connectivity index (χ0v) is 13.5. The zero-order valence-electron chi connectivity index (χ0n) is 13.5. The van der Waals surface area contributed by atoms with Gasteiger partial charge in [-0.25, -0.2) is 4.39 Å². The lowest BCUT2D eigenvalue weighted by atomic mass is 9.96. The van der Waals surface area contributed by atoms with Crippen molar-refractivity contribution in [2.45, 2.75) is 0 Å². The molecule has 0 aliphatic rings. The molecule has 8 heteroatoms. The molecule has 0 unspecified atom stereocenters. The van der Waals surface area contributed by atoms with E-state index in [-0.39, 0.29) is 40.6 Å². The Morgan fingerprint density at radius 1 is 1.24 bits per heavy atom. The molecule has 1 N–H and O–H groups in total. The van der Waals surface area contributed by atoms with Gasteiger partial charge in [0.25, 0.3) is 5.91 Å². The van der Waals surface area contributed by atoms with E-state index in [9.17, 15) is 19.7 Å². The number of nitriles is 2. The van der Waals surface area contributed by atoms with E-state index in [1.54, 1.807) is 6.07 Å². The number of halogens is 1. The van der Waals surface area contributed by atoms with Crippen molar-refractivity contribution < 1.29 is 18.7 Å². The second-order valence-corrected chi connectivity index (χ2v) is 4.78. The van der Waals surface area contributed by atoms with Crippen molar-refractivity contribution in [3.05, 3.63) is 41.2 Å². The second-order valence-electron chi connectivity index (χ2n) is 4.78. The number of aromatic nitrogens is 1. The van der Waals surface area contributed by atoms with Gasteiger partial charge in [0.05, 0.1) is 7.11 Å². The van der Waals surface area contributed by atoms with Gasteiger partial charge in [-0.15, -0.1) is 0 Å². The number of anilines is 1. The summed E-state index contributed by atoms with van der Waals surface area (Å²) < 4.78 is 24.1. The number of hydrogen-bond acceptors (Lipinski definition) is 6. The van der Waals surface area contributed by atoms with Crippen LogP contribution in [-0.4, -0.2) is 31.7 Å². The van der Waals surface area contributed by atoms with E-state index in [1.807, 2.05) is 12.1 Å². The molecule has 7 nitrogen and oxygen atoms in total. The van der Waals surface area contributed by atoms with Gasteiger partial charge in [0, 0.05) is 18.2 Å². The fourth-order valence-electron chi connectivity index (χ4n) is 2.25. The van der Waals surface area contributed by atoms with E-state index < -0.39 is 11.7 Å². The van der Waals surface area contributed by atoms with Crippen LogP contribution < -0.4 is 10.1 Å². The van der Waals surface area contributed by atoms with Crippen LogP contribution in [0.5, 0.6) is 5.88 Å². The highest BCUT2D eigenvalue weighted by atomic mass is 19.1. The van der Waals surface area contributed by atoms with E-state index >= 15 is 0 Å². The molecule has 1 aromatic heterocycles. The Kier molecular flexibility index (Phi) is 5.62. The molecule has 126 valence electrons. The van der Waals surface area contributed by atoms with Crippen molar-refractivity contribution in [3.63, 3.8) is 0 Å². The minimum atomic E-state index is -0.627. The molecular weight excluding hydrogens is 327 g/mol. The third-order valence-electron chi connectivity index (χ3n) is 3.26. The summed E-state index contributed by atoms with van der Waals surface area (Å²) in [5.41, 5.74) is -0.220. The Hall–Kier alpha value is -3.49. The molecule has 2 rings (SSSR count). The Labute approximate surface area is 143 Å². The van der Waals surface area contributed by atoms with Gasteiger partial charge in [-0.1, -0.05) is 18.2 Å². The average molecular weight is 340 g/mol. The van der Waals surface area contributed by atoms with Crippen LogP contribution in [-0.2, 0) is 9.53 Å². The van der Waals surface area contributed by atoms with Crippen LogP contribution in [0.1, 0.15) is 11.1 Å². The van der Waals surface area contributed by atoms with Crippen molar-refractivity contribution in [1.29, 1.82) is 10.5 Å². The smallest absolute Gasteiger partial charge is 0.251 e. The fourth-order valence-corrected chi connectivity index (χ4v) is 2.25. The number of amides is 1. The molecule has 0 saturated carbocycles. The minimum Gasteiger partial charge on any atom is -0.480 e. The molecule has 25 heavy (non-hydrogen) atoms. The van der Waals surface area contributed by atoms with Crippen LogP contribution in [0.2, 0.25) is 0 Å². The maximum Gasteiger partial charge on any atom is 0.251 e. The van der Waals surface area contributed by atoms with Crippen LogP contribution in [0.4, 0.5) is 10.2 Å². The first kappa shape index (κ1) is 17.9. The van der Waals surface area contributed by atoms with Crippen molar-refractivity contribution in [2.75, 3.05) is 26.1 Å². The number of carbonyl (C=O) groups is 1. The van der Waals surface area contributed by atoms with Crippen molar-refractivity contribution in [3.8, 4) is 29.1 Å². The average Bonchev–Trinajstić information content (AvgIpc) is 2.61. The first-order valence-electron chi connectivity index (χ1n) is 7.03. The summed E-state index contributed by atoms with van der Waals surface area (Å²) in [7, 11) is 2.61. The van der Waals surface area contributed by atoms with Gasteiger partial charge in [-0.2, -0.15) is 15.5 Å². The molecule has 0 radical (unpaired) electrons. The van der Waals surface area contributed by atoms with Gasteiger partial charge >= 0.3 is 0 Å². The molecule has 1 aromatic carbocycles. The highest BCUT2D eigenvalue weighted by Crippen LogP contribution is 2.37. The number of methoxy groups -OCH3 is 2. The monoisotopic (exact) mass is 340 g/mol. The highest BCUT2D eigenvalue weighted by Gasteiger charge is 2.24. The third kappa shape index (κ3) is 3.55. The molecule has 0 saturated heterocycles. The fraction of sp³-hybridized carbons (Fsp3) is 0.176. The Balaban J connectivity index is 2.80. The van der Waals surface area contributed by atoms with Crippen LogP contribution in [0.25, 0.3) is 11.1 Å². The summed E-state index contributed by atoms with van der Waals surface area (Å²) in [6.45, 7) is -0.260. The molecule has 0 bridgehead atoms. The highest BCUT2D eigenvalue weighted by molar-refractivity contribution is 5.94. The second kappa shape index (κ2) is 7.86. The minimum absolute atomic E-state index is 0.00247. The number of nitrogens with zero attached hydrogens (tertiary/aromatic N) is 3. The van der Waals surface area contributed by atoms with Crippen LogP contribution >= 0.6 is 0 Å². The normalized spacial score (nSPS) is 9.80. The maximum atomic E-state index is 14.3. The lowest BCUT2D eigenvalue weighted by Gasteiger charge is -2.15. The van der Waals surface area contributed by atoms with Gasteiger partial charge in [0.15, 0.2) is 5.82 Å². The number of carbonyl (C=O) groups excluding carboxylic acids is 1. The van der Waals surface area contributed by atoms with Crippen LogP contribution in [0.15, 0.2) is 24.3 Å². The topological polar surface area (TPSA) is 108 Å². The van der Waals surface area contributed by atoms with E-state index in [0.29, 0.717) is 0 Å². The summed E-state index contributed by atoms with van der Waals surface area (Å²) >= 11 is 0. The van der Waals surface area contributed by atoms with Crippen LogP contribution in [0, 0.1) is 28.5 Å². The van der Waals surface area contributed by atoms with E-state index in [4.69, 9.17) is 9.47 Å². The number of ether oxygens (including phenoxy) is 2. The molecule has 1 amide bonds. The Bertz CT molecular complexity index is 900. The summed E-state index contributed by atoms with van der Waals surface area (Å²) in [5, 5.41) is 21.4. The van der Waals surface area contributed by atoms with Crippen molar-refractivity contribution in [1.82, 2.24) is 4.98 Å². The van der Waals surface area contributed by atoms with Crippen LogP contribution in [0.3, 0.4) is 0 Å². The number of rotatable bonds is 5. The zero-order chi connectivity index (χ0) is 18.4. The van der Waals surface area contributed by atoms with E-state index in [1.165, 1.54) is 32.4 Å². The SMILES string of the molecule is COCC(=O)Nc1nc(OC)c(C#N)c(-c2ccccc2F)c1C#N. The summed E-state index contributed by atoms with van der Waals surface area (Å²) in [5.74, 6) is -1.46. The van der Waals surface area contributed by atoms with Gasteiger partial charge < -0.3 is 14.8 Å². The predicted octanol–water partition coefficient (Wildman–Crippen LogP) is 2.22. The molecule has 0 spiro atoms. The quantitative estimate of drug-likeness (QED) is 0.894. The van der Waals surface area contributed by atoms with E-state index in [0.717, 1.165) is 0 Å². The summed E-state index contributed by atoms with van der Waals surface area (Å²) in [4.78, 5) is 15.8. The molecule has 0 aliphatic carbocycles. The first-order valence-corrected chi connectivity index (χ1v) is 7.03. The summed E-state index contributed by atoms with van der Waals surface area (Å²) in [6, 6.07) is 9.42. The maximum absolute atomic E-state index is 14.3. The standard InChI is InChI=1S/C17H13FN4O3/c1-24-9-14(23)21-16-11(7-19)15(10-5-3-4-6-13(10)18)12(8-20)17(22-16)25-2/h3-6H,9H2,1-2H3,(H,21,22,23). The number of nitrogens with one attached hydrogen (secondary N) is 1. The molecule has 2 aromatic rings. The Morgan fingerprint density at radius 3 is 2.48 bits per heavy atom. The molecule has 1 heterocycles. The van der Waals surface area contributed by atoms with Gasteiger partial charge in [-0.05, 0) is 6.07 Å². The molecular formula is C17H13FN4O3. The van der Waals surface area contributed by atoms with Gasteiger partial charge in [0.2, 0.25) is 5.88 Å². The van der Waals surface area contributed by atoms with Crippen molar-refractivity contribution in [2.24, 2.45) is 0 Å². The lowest BCUT2D eigenvalue weighted by Crippen LogP contribution is -2.19.